The number of carbonyl (C=O) groups is 1. The summed E-state index contributed by atoms with van der Waals surface area (Å²) in [5, 5.41) is 8.25. The normalized spacial score (nSPS) is 10.8. The van der Waals surface area contributed by atoms with Crippen molar-refractivity contribution >= 4 is 22.7 Å². The fourth-order valence-electron chi connectivity index (χ4n) is 1.86. The number of hydrogen-bond acceptors (Lipinski definition) is 4. The Morgan fingerprint density at radius 3 is 2.33 bits per heavy atom. The molecule has 2 aromatic heterocycles. The molecule has 0 aliphatic carbocycles. The average Bonchev–Trinajstić information content (AvgIpc) is 2.54. The third-order valence-electron chi connectivity index (χ3n) is 2.95. The minimum Gasteiger partial charge on any atom is -0.475 e. The first-order chi connectivity index (χ1) is 11.3. The van der Waals surface area contributed by atoms with Crippen LogP contribution in [0, 0.1) is 0 Å². The maximum Gasteiger partial charge on any atom is 0.490 e. The molecule has 0 atom stereocenters. The van der Waals surface area contributed by atoms with Gasteiger partial charge in [-0.15, -0.1) is 0 Å². The highest BCUT2D eigenvalue weighted by Crippen LogP contribution is 2.23. The van der Waals surface area contributed by atoms with E-state index < -0.39 is 12.1 Å². The average molecular weight is 335 g/mol. The Morgan fingerprint density at radius 2 is 1.71 bits per heavy atom. The van der Waals surface area contributed by atoms with Crippen molar-refractivity contribution in [3.63, 3.8) is 0 Å². The van der Waals surface area contributed by atoms with Crippen LogP contribution in [0.2, 0.25) is 0 Å². The van der Waals surface area contributed by atoms with E-state index in [4.69, 9.17) is 15.6 Å². The summed E-state index contributed by atoms with van der Waals surface area (Å²) in [7, 11) is 0. The van der Waals surface area contributed by atoms with Crippen LogP contribution in [0.3, 0.4) is 0 Å². The molecule has 8 heteroatoms. The van der Waals surface area contributed by atoms with Crippen molar-refractivity contribution in [2.75, 3.05) is 5.73 Å². The molecule has 3 N–H and O–H groups in total. The Kier molecular flexibility index (Phi) is 4.98. The first kappa shape index (κ1) is 17.2. The SMILES string of the molecule is Nc1cc(-c2cnc3ccccc3c2)ccn1.O=C(O)C(F)(F)F. The van der Waals surface area contributed by atoms with Gasteiger partial charge in [-0.2, -0.15) is 13.2 Å². The summed E-state index contributed by atoms with van der Waals surface area (Å²) in [6.07, 6.45) is -1.52. The molecule has 0 aliphatic heterocycles. The number of alkyl halides is 3. The molecule has 0 saturated heterocycles. The summed E-state index contributed by atoms with van der Waals surface area (Å²) in [5.41, 5.74) is 8.77. The third-order valence-corrected chi connectivity index (χ3v) is 2.95. The molecule has 0 spiro atoms. The number of nitrogen functional groups attached to an aromatic ring is 1. The van der Waals surface area contributed by atoms with Crippen molar-refractivity contribution in [2.45, 2.75) is 6.18 Å². The van der Waals surface area contributed by atoms with E-state index in [0.717, 1.165) is 22.0 Å². The van der Waals surface area contributed by atoms with E-state index in [-0.39, 0.29) is 0 Å². The van der Waals surface area contributed by atoms with Gasteiger partial charge in [-0.05, 0) is 29.8 Å². The first-order valence-electron chi connectivity index (χ1n) is 6.64. The number of pyridine rings is 2. The molecule has 24 heavy (non-hydrogen) atoms. The molecular weight excluding hydrogens is 323 g/mol. The van der Waals surface area contributed by atoms with E-state index in [9.17, 15) is 13.2 Å². The number of fused-ring (bicyclic) bond motifs is 1. The molecule has 124 valence electrons. The van der Waals surface area contributed by atoms with E-state index in [2.05, 4.69) is 22.1 Å². The minimum absolute atomic E-state index is 0.524. The monoisotopic (exact) mass is 335 g/mol. The number of nitrogens with two attached hydrogens (primary N) is 1. The van der Waals surface area contributed by atoms with Crippen LogP contribution in [0.4, 0.5) is 19.0 Å². The second-order valence-corrected chi connectivity index (χ2v) is 4.69. The van der Waals surface area contributed by atoms with Gasteiger partial charge in [0.1, 0.15) is 5.82 Å². The number of rotatable bonds is 1. The molecule has 2 heterocycles. The maximum absolute atomic E-state index is 10.6. The number of carboxylic acid groups (broad SMARTS) is 1. The molecule has 0 aliphatic rings. The molecule has 3 rings (SSSR count). The molecule has 1 aromatic carbocycles. The van der Waals surface area contributed by atoms with Crippen LogP contribution in [0.1, 0.15) is 0 Å². The molecule has 0 unspecified atom stereocenters. The van der Waals surface area contributed by atoms with Gasteiger partial charge in [0.2, 0.25) is 0 Å². The molecule has 0 fully saturated rings. The molecule has 0 bridgehead atoms. The van der Waals surface area contributed by atoms with Gasteiger partial charge in [0.15, 0.2) is 0 Å². The van der Waals surface area contributed by atoms with Gasteiger partial charge in [-0.3, -0.25) is 4.98 Å². The minimum atomic E-state index is -5.08. The highest BCUT2D eigenvalue weighted by Gasteiger charge is 2.38. The van der Waals surface area contributed by atoms with E-state index >= 15 is 0 Å². The van der Waals surface area contributed by atoms with Gasteiger partial charge < -0.3 is 10.8 Å². The summed E-state index contributed by atoms with van der Waals surface area (Å²) in [6.45, 7) is 0. The van der Waals surface area contributed by atoms with Crippen molar-refractivity contribution in [1.82, 2.24) is 9.97 Å². The maximum atomic E-state index is 10.6. The zero-order chi connectivity index (χ0) is 17.7. The zero-order valence-corrected chi connectivity index (χ0v) is 12.2. The number of aliphatic carboxylic acids is 1. The molecule has 0 saturated carbocycles. The van der Waals surface area contributed by atoms with Crippen LogP contribution < -0.4 is 5.73 Å². The second-order valence-electron chi connectivity index (χ2n) is 4.69. The lowest BCUT2D eigenvalue weighted by atomic mass is 10.1. The van der Waals surface area contributed by atoms with Gasteiger partial charge in [0, 0.05) is 23.3 Å². The number of benzene rings is 1. The van der Waals surface area contributed by atoms with E-state index in [1.165, 1.54) is 0 Å². The number of anilines is 1. The number of aromatic nitrogens is 2. The molecule has 0 amide bonds. The van der Waals surface area contributed by atoms with Crippen molar-refractivity contribution < 1.29 is 23.1 Å². The highest BCUT2D eigenvalue weighted by atomic mass is 19.4. The Bertz CT molecular complexity index is 866. The molecule has 3 aromatic rings. The molecule has 5 nitrogen and oxygen atoms in total. The largest absolute Gasteiger partial charge is 0.490 e. The summed E-state index contributed by atoms with van der Waals surface area (Å²) >= 11 is 0. The lowest BCUT2D eigenvalue weighted by Crippen LogP contribution is -2.21. The fraction of sp³-hybridized carbons (Fsp3) is 0.0625. The number of para-hydroxylation sites is 1. The van der Waals surface area contributed by atoms with Crippen LogP contribution in [-0.4, -0.2) is 27.2 Å². The van der Waals surface area contributed by atoms with Crippen LogP contribution in [0.25, 0.3) is 22.0 Å². The van der Waals surface area contributed by atoms with Gasteiger partial charge in [0.25, 0.3) is 0 Å². The topological polar surface area (TPSA) is 89.1 Å². The second kappa shape index (κ2) is 6.95. The van der Waals surface area contributed by atoms with Gasteiger partial charge in [-0.25, -0.2) is 9.78 Å². The Hall–Kier alpha value is -3.16. The van der Waals surface area contributed by atoms with Crippen molar-refractivity contribution in [1.29, 1.82) is 0 Å². The Morgan fingerprint density at radius 1 is 1.04 bits per heavy atom. The van der Waals surface area contributed by atoms with Gasteiger partial charge >= 0.3 is 12.1 Å². The van der Waals surface area contributed by atoms with Crippen LogP contribution in [-0.2, 0) is 4.79 Å². The summed E-state index contributed by atoms with van der Waals surface area (Å²) < 4.78 is 31.7. The van der Waals surface area contributed by atoms with Gasteiger partial charge in [0.05, 0.1) is 5.52 Å². The van der Waals surface area contributed by atoms with Gasteiger partial charge in [-0.1, -0.05) is 18.2 Å². The third kappa shape index (κ3) is 4.42. The standard InChI is InChI=1S/C14H11N3.C2HF3O2/c15-14-8-10(5-6-16-14)12-7-11-3-1-2-4-13(11)17-9-12;3-2(4,5)1(6)7/h1-9H,(H2,15,16);(H,6,7). The van der Waals surface area contributed by atoms with E-state index in [1.54, 1.807) is 6.20 Å². The predicted octanol–water partition coefficient (Wildman–Crippen LogP) is 3.51. The first-order valence-corrected chi connectivity index (χ1v) is 6.64. The van der Waals surface area contributed by atoms with Crippen LogP contribution >= 0.6 is 0 Å². The number of carboxylic acids is 1. The molecule has 0 radical (unpaired) electrons. The molecular formula is C16H12F3N3O2. The predicted molar refractivity (Wildman–Crippen MR) is 83.1 cm³/mol. The summed E-state index contributed by atoms with van der Waals surface area (Å²) in [6, 6.07) is 13.9. The Balaban J connectivity index is 0.000000256. The van der Waals surface area contributed by atoms with Crippen LogP contribution in [0.5, 0.6) is 0 Å². The van der Waals surface area contributed by atoms with Crippen LogP contribution in [0.15, 0.2) is 54.9 Å². The lowest BCUT2D eigenvalue weighted by Gasteiger charge is -2.03. The quantitative estimate of drug-likeness (QED) is 0.710. The summed E-state index contributed by atoms with van der Waals surface area (Å²) in [5.74, 6) is -2.23. The number of halogens is 3. The van der Waals surface area contributed by atoms with E-state index in [1.807, 2.05) is 36.5 Å². The lowest BCUT2D eigenvalue weighted by molar-refractivity contribution is -0.192. The number of nitrogens with zero attached hydrogens (tertiary/aromatic N) is 2. The number of hydrogen-bond donors (Lipinski definition) is 2. The van der Waals surface area contributed by atoms with E-state index in [0.29, 0.717) is 5.82 Å². The van der Waals surface area contributed by atoms with Crippen molar-refractivity contribution in [3.8, 4) is 11.1 Å². The van der Waals surface area contributed by atoms with Crippen molar-refractivity contribution in [3.05, 3.63) is 54.9 Å². The Labute approximate surface area is 134 Å². The summed E-state index contributed by atoms with van der Waals surface area (Å²) in [4.78, 5) is 17.3. The highest BCUT2D eigenvalue weighted by molar-refractivity contribution is 5.83. The van der Waals surface area contributed by atoms with Crippen molar-refractivity contribution in [2.24, 2.45) is 0 Å². The smallest absolute Gasteiger partial charge is 0.475 e. The fourth-order valence-corrected chi connectivity index (χ4v) is 1.86. The zero-order valence-electron chi connectivity index (χ0n) is 12.2.